The highest BCUT2D eigenvalue weighted by Crippen LogP contribution is 2.36. The molecule has 1 aromatic rings. The lowest BCUT2D eigenvalue weighted by atomic mass is 9.97. The van der Waals surface area contributed by atoms with Gasteiger partial charge in [0.2, 0.25) is 0 Å². The van der Waals surface area contributed by atoms with E-state index in [2.05, 4.69) is 0 Å². The first-order chi connectivity index (χ1) is 14.6. The molecule has 0 amide bonds. The topological polar surface area (TPSA) is 102 Å². The van der Waals surface area contributed by atoms with Crippen molar-refractivity contribution in [1.82, 2.24) is 0 Å². The van der Waals surface area contributed by atoms with E-state index in [1.54, 1.807) is 19.2 Å². The summed E-state index contributed by atoms with van der Waals surface area (Å²) in [7, 11) is 3.01. The molecular weight excluding hydrogens is 396 g/mol. The van der Waals surface area contributed by atoms with Crippen LogP contribution >= 0.6 is 0 Å². The highest BCUT2D eigenvalue weighted by molar-refractivity contribution is 5.60. The fraction of sp³-hybridized carbons (Fsp3) is 0.667. The van der Waals surface area contributed by atoms with Gasteiger partial charge in [0.25, 0.3) is 0 Å². The third kappa shape index (κ3) is 4.55. The Morgan fingerprint density at radius 2 is 1.80 bits per heavy atom. The molecule has 4 rings (SSSR count). The predicted molar refractivity (Wildman–Crippen MR) is 102 cm³/mol. The first-order valence-electron chi connectivity index (χ1n) is 10.2. The van der Waals surface area contributed by atoms with Crippen LogP contribution < -0.4 is 4.74 Å². The Morgan fingerprint density at radius 1 is 1.07 bits per heavy atom. The highest BCUT2D eigenvalue weighted by atomic mass is 16.8. The molecule has 0 spiro atoms. The van der Waals surface area contributed by atoms with Gasteiger partial charge in [0.05, 0.1) is 13.7 Å². The fourth-order valence-electron chi connectivity index (χ4n) is 4.09. The number of ether oxygens (including phenoxy) is 7. The van der Waals surface area contributed by atoms with Crippen LogP contribution in [-0.4, -0.2) is 68.9 Å². The van der Waals surface area contributed by atoms with Gasteiger partial charge in [-0.3, -0.25) is 0 Å². The molecule has 1 unspecified atom stereocenters. The molecule has 0 aromatic heterocycles. The average Bonchev–Trinajstić information content (AvgIpc) is 3.28. The molecule has 0 radical (unpaired) electrons. The predicted octanol–water partition coefficient (Wildman–Crippen LogP) is 2.31. The molecule has 1 N–H and O–H groups in total. The lowest BCUT2D eigenvalue weighted by Gasteiger charge is -2.46. The van der Waals surface area contributed by atoms with Crippen molar-refractivity contribution in [3.63, 3.8) is 0 Å². The number of hydrogen-bond acceptors (Lipinski definition) is 9. The number of aliphatic hydroxyl groups is 1. The van der Waals surface area contributed by atoms with Crippen molar-refractivity contribution in [2.24, 2.45) is 0 Å². The normalized spacial score (nSPS) is 34.2. The van der Waals surface area contributed by atoms with Crippen LogP contribution in [0.4, 0.5) is 4.79 Å². The van der Waals surface area contributed by atoms with E-state index in [0.717, 1.165) is 31.2 Å². The summed E-state index contributed by atoms with van der Waals surface area (Å²) in [6.07, 6.45) is -2.53. The molecule has 0 bridgehead atoms. The minimum atomic E-state index is -1.17. The quantitative estimate of drug-likeness (QED) is 0.713. The van der Waals surface area contributed by atoms with Gasteiger partial charge < -0.3 is 38.3 Å². The molecule has 1 aromatic carbocycles. The van der Waals surface area contributed by atoms with Crippen LogP contribution in [0, 0.1) is 0 Å². The summed E-state index contributed by atoms with van der Waals surface area (Å²) in [6, 6.07) is 7.25. The molecule has 2 heterocycles. The molecule has 2 saturated heterocycles. The van der Waals surface area contributed by atoms with Crippen LogP contribution in [0.3, 0.4) is 0 Å². The third-order valence-electron chi connectivity index (χ3n) is 5.73. The second-order valence-corrected chi connectivity index (χ2v) is 7.67. The van der Waals surface area contributed by atoms with Crippen molar-refractivity contribution in [2.75, 3.05) is 20.8 Å². The number of hydrogen-bond donors (Lipinski definition) is 1. The smallest absolute Gasteiger partial charge is 0.497 e. The van der Waals surface area contributed by atoms with E-state index in [9.17, 15) is 9.90 Å². The average molecular weight is 424 g/mol. The molecular formula is C21H28O9. The number of benzene rings is 1. The van der Waals surface area contributed by atoms with E-state index >= 15 is 0 Å². The lowest BCUT2D eigenvalue weighted by molar-refractivity contribution is -0.358. The number of carbonyl (C=O) groups is 1. The zero-order valence-corrected chi connectivity index (χ0v) is 17.1. The SMILES string of the molecule is COc1ccc(C2OC[C@H]3O[C@H](OC)[C@H](OC(=O)OC4CCCC4)[C@@H](O)[C@@H]3O2)cc1. The van der Waals surface area contributed by atoms with E-state index in [0.29, 0.717) is 5.75 Å². The Bertz CT molecular complexity index is 703. The Morgan fingerprint density at radius 3 is 2.47 bits per heavy atom. The standard InChI is InChI=1S/C21H28O9/c1-24-13-9-7-12(8-10-13)19-26-11-15-17(29-19)16(22)18(20(25-2)28-15)30-21(23)27-14-5-3-4-6-14/h7-10,14-20,22H,3-6,11H2,1-2H3/t15-,16+,17-,18-,19?,20+/m1/s1. The van der Waals surface area contributed by atoms with E-state index in [1.165, 1.54) is 7.11 Å². The number of aliphatic hydroxyl groups excluding tert-OH is 1. The van der Waals surface area contributed by atoms with Crippen molar-refractivity contribution in [3.8, 4) is 5.75 Å². The molecule has 2 aliphatic heterocycles. The lowest BCUT2D eigenvalue weighted by Crippen LogP contribution is -2.63. The maximum atomic E-state index is 12.2. The molecule has 30 heavy (non-hydrogen) atoms. The Balaban J connectivity index is 1.42. The minimum absolute atomic E-state index is 0.147. The van der Waals surface area contributed by atoms with Crippen LogP contribution in [0.2, 0.25) is 0 Å². The second kappa shape index (κ2) is 9.49. The van der Waals surface area contributed by atoms with Gasteiger partial charge in [-0.25, -0.2) is 4.79 Å². The Kier molecular flexibility index (Phi) is 6.74. The largest absolute Gasteiger partial charge is 0.509 e. The van der Waals surface area contributed by atoms with Crippen molar-refractivity contribution in [1.29, 1.82) is 0 Å². The fourth-order valence-corrected chi connectivity index (χ4v) is 4.09. The van der Waals surface area contributed by atoms with E-state index in [-0.39, 0.29) is 12.7 Å². The van der Waals surface area contributed by atoms with Gasteiger partial charge in [0.1, 0.15) is 30.2 Å². The van der Waals surface area contributed by atoms with Gasteiger partial charge in [0, 0.05) is 12.7 Å². The zero-order valence-electron chi connectivity index (χ0n) is 17.1. The summed E-state index contributed by atoms with van der Waals surface area (Å²) >= 11 is 0. The molecule has 1 saturated carbocycles. The van der Waals surface area contributed by atoms with Gasteiger partial charge in [0.15, 0.2) is 18.7 Å². The van der Waals surface area contributed by atoms with Crippen molar-refractivity contribution in [2.45, 2.75) is 68.8 Å². The summed E-state index contributed by atoms with van der Waals surface area (Å²) in [5, 5.41) is 10.9. The number of rotatable bonds is 5. The van der Waals surface area contributed by atoms with Crippen LogP contribution in [0.25, 0.3) is 0 Å². The van der Waals surface area contributed by atoms with Crippen molar-refractivity contribution >= 4 is 6.16 Å². The van der Waals surface area contributed by atoms with Crippen molar-refractivity contribution < 1.29 is 43.1 Å². The van der Waals surface area contributed by atoms with Gasteiger partial charge in [-0.2, -0.15) is 0 Å². The van der Waals surface area contributed by atoms with Crippen LogP contribution in [0.5, 0.6) is 5.75 Å². The van der Waals surface area contributed by atoms with Gasteiger partial charge in [-0.15, -0.1) is 0 Å². The van der Waals surface area contributed by atoms with E-state index < -0.39 is 43.2 Å². The van der Waals surface area contributed by atoms with Crippen LogP contribution in [0.1, 0.15) is 37.5 Å². The van der Waals surface area contributed by atoms with E-state index in [4.69, 9.17) is 33.2 Å². The molecule has 3 fully saturated rings. The maximum absolute atomic E-state index is 12.2. The molecule has 166 valence electrons. The summed E-state index contributed by atoms with van der Waals surface area (Å²) in [6.45, 7) is 0.192. The Hall–Kier alpha value is -1.91. The van der Waals surface area contributed by atoms with Gasteiger partial charge in [-0.05, 0) is 37.8 Å². The first kappa shape index (κ1) is 21.3. The summed E-state index contributed by atoms with van der Waals surface area (Å²) in [5.74, 6) is 0.714. The molecule has 1 aliphatic carbocycles. The zero-order chi connectivity index (χ0) is 21.1. The summed E-state index contributed by atoms with van der Waals surface area (Å²) in [5.41, 5.74) is 0.772. The second-order valence-electron chi connectivity index (χ2n) is 7.67. The molecule has 9 nitrogen and oxygen atoms in total. The van der Waals surface area contributed by atoms with Crippen molar-refractivity contribution in [3.05, 3.63) is 29.8 Å². The maximum Gasteiger partial charge on any atom is 0.509 e. The van der Waals surface area contributed by atoms with E-state index in [1.807, 2.05) is 12.1 Å². The molecule has 3 aliphatic rings. The number of methoxy groups -OCH3 is 2. The number of carbonyl (C=O) groups excluding carboxylic acids is 1. The molecule has 6 atom stereocenters. The molecule has 9 heteroatoms. The van der Waals surface area contributed by atoms with Crippen LogP contribution in [-0.2, 0) is 28.4 Å². The van der Waals surface area contributed by atoms with Crippen LogP contribution in [0.15, 0.2) is 24.3 Å². The summed E-state index contributed by atoms with van der Waals surface area (Å²) in [4.78, 5) is 12.2. The van der Waals surface area contributed by atoms with Gasteiger partial charge in [-0.1, -0.05) is 12.1 Å². The van der Waals surface area contributed by atoms with Gasteiger partial charge >= 0.3 is 6.16 Å². The summed E-state index contributed by atoms with van der Waals surface area (Å²) < 4.78 is 38.8. The highest BCUT2D eigenvalue weighted by Gasteiger charge is 2.51. The minimum Gasteiger partial charge on any atom is -0.497 e. The monoisotopic (exact) mass is 424 g/mol. The number of fused-ring (bicyclic) bond motifs is 1. The Labute approximate surface area is 175 Å². The third-order valence-corrected chi connectivity index (χ3v) is 5.73. The first-order valence-corrected chi connectivity index (χ1v) is 10.2.